The normalized spacial score (nSPS) is 13.9. The van der Waals surface area contributed by atoms with Gasteiger partial charge in [0.15, 0.2) is 0 Å². The molecule has 3 aromatic carbocycles. The summed E-state index contributed by atoms with van der Waals surface area (Å²) in [5, 5.41) is 6.41. The highest BCUT2D eigenvalue weighted by Crippen LogP contribution is 2.21. The van der Waals surface area contributed by atoms with Gasteiger partial charge in [-0.1, -0.05) is 48.5 Å². The molecule has 2 amide bonds. The van der Waals surface area contributed by atoms with E-state index in [2.05, 4.69) is 20.5 Å². The zero-order chi connectivity index (χ0) is 31.1. The van der Waals surface area contributed by atoms with Crippen molar-refractivity contribution in [3.05, 3.63) is 99.4 Å². The lowest BCUT2D eigenvalue weighted by molar-refractivity contribution is -0.131. The second-order valence-corrected chi connectivity index (χ2v) is 11.2. The number of likely N-dealkylation sites (N-methyl/N-ethyl adjacent to an activating group) is 1. The van der Waals surface area contributed by atoms with Gasteiger partial charge in [-0.25, -0.2) is 4.79 Å². The van der Waals surface area contributed by atoms with Crippen molar-refractivity contribution in [3.63, 3.8) is 0 Å². The summed E-state index contributed by atoms with van der Waals surface area (Å²) in [7, 11) is 3.35. The zero-order valence-corrected chi connectivity index (χ0v) is 25.5. The van der Waals surface area contributed by atoms with Crippen LogP contribution in [0.4, 0.5) is 6.01 Å². The number of rotatable bonds is 12. The molecule has 0 saturated carbocycles. The SMILES string of the molecule is COc1ccc(C[C@H](Nc2nc3ccc(CNC(=O)CN4CCCC4)c(C)c3c(=O)o2)C(=O)N(C)Cc2ccccc2)cc1. The summed E-state index contributed by atoms with van der Waals surface area (Å²) < 4.78 is 10.9. The fraction of sp³-hybridized carbons (Fsp3) is 0.353. The van der Waals surface area contributed by atoms with Gasteiger partial charge in [0.1, 0.15) is 11.8 Å². The molecule has 1 saturated heterocycles. The van der Waals surface area contributed by atoms with Crippen LogP contribution in [0.5, 0.6) is 5.75 Å². The van der Waals surface area contributed by atoms with Crippen LogP contribution in [0, 0.1) is 6.92 Å². The van der Waals surface area contributed by atoms with Crippen molar-refractivity contribution in [3.8, 4) is 5.75 Å². The smallest absolute Gasteiger partial charge is 0.348 e. The van der Waals surface area contributed by atoms with E-state index in [9.17, 15) is 14.4 Å². The number of aromatic nitrogens is 1. The minimum atomic E-state index is -0.753. The number of nitrogens with zero attached hydrogens (tertiary/aromatic N) is 3. The van der Waals surface area contributed by atoms with E-state index in [1.807, 2.05) is 67.6 Å². The topological polar surface area (TPSA) is 117 Å². The largest absolute Gasteiger partial charge is 0.497 e. The summed E-state index contributed by atoms with van der Waals surface area (Å²) in [6.07, 6.45) is 2.58. The average molecular weight is 598 g/mol. The maximum atomic E-state index is 13.7. The molecule has 1 atom stereocenters. The lowest BCUT2D eigenvalue weighted by Gasteiger charge is -2.25. The zero-order valence-electron chi connectivity index (χ0n) is 25.5. The van der Waals surface area contributed by atoms with Crippen molar-refractivity contribution in [2.24, 2.45) is 0 Å². The van der Waals surface area contributed by atoms with E-state index in [1.54, 1.807) is 25.1 Å². The van der Waals surface area contributed by atoms with Gasteiger partial charge < -0.3 is 24.7 Å². The van der Waals surface area contributed by atoms with Crippen molar-refractivity contribution in [1.82, 2.24) is 20.1 Å². The number of benzene rings is 3. The number of fused-ring (bicyclic) bond motifs is 1. The third kappa shape index (κ3) is 7.62. The molecule has 1 fully saturated rings. The van der Waals surface area contributed by atoms with Gasteiger partial charge in [0.05, 0.1) is 24.6 Å². The molecule has 4 aromatic rings. The molecule has 230 valence electrons. The number of ether oxygens (including phenoxy) is 1. The predicted molar refractivity (Wildman–Crippen MR) is 170 cm³/mol. The number of hydrogen-bond donors (Lipinski definition) is 2. The molecule has 0 radical (unpaired) electrons. The van der Waals surface area contributed by atoms with Gasteiger partial charge in [-0.15, -0.1) is 0 Å². The van der Waals surface area contributed by atoms with E-state index >= 15 is 0 Å². The highest BCUT2D eigenvalue weighted by molar-refractivity contribution is 5.86. The summed E-state index contributed by atoms with van der Waals surface area (Å²) in [6.45, 7) is 4.82. The average Bonchev–Trinajstić information content (AvgIpc) is 3.53. The molecule has 5 rings (SSSR count). The Hall–Kier alpha value is -4.70. The quantitative estimate of drug-likeness (QED) is 0.253. The van der Waals surface area contributed by atoms with Crippen molar-refractivity contribution in [2.45, 2.75) is 45.3 Å². The van der Waals surface area contributed by atoms with Crippen LogP contribution >= 0.6 is 0 Å². The Bertz CT molecular complexity index is 1650. The maximum absolute atomic E-state index is 13.7. The molecular formula is C34H39N5O5. The number of likely N-dealkylation sites (tertiary alicyclic amines) is 1. The lowest BCUT2D eigenvalue weighted by atomic mass is 10.0. The number of methoxy groups -OCH3 is 1. The molecule has 10 heteroatoms. The van der Waals surface area contributed by atoms with Crippen LogP contribution in [0.1, 0.15) is 35.1 Å². The Morgan fingerprint density at radius 3 is 2.45 bits per heavy atom. The van der Waals surface area contributed by atoms with Gasteiger partial charge in [0.25, 0.3) is 6.01 Å². The fourth-order valence-corrected chi connectivity index (χ4v) is 5.56. The van der Waals surface area contributed by atoms with Gasteiger partial charge in [0, 0.05) is 26.6 Å². The number of hydrogen-bond acceptors (Lipinski definition) is 8. The number of amides is 2. The summed E-state index contributed by atoms with van der Waals surface area (Å²) in [5.41, 5.74) is 3.30. The van der Waals surface area contributed by atoms with Gasteiger partial charge in [-0.05, 0) is 73.3 Å². The predicted octanol–water partition coefficient (Wildman–Crippen LogP) is 3.90. The van der Waals surface area contributed by atoms with Crippen LogP contribution in [-0.2, 0) is 29.1 Å². The Morgan fingerprint density at radius 1 is 1.02 bits per heavy atom. The lowest BCUT2D eigenvalue weighted by Crippen LogP contribution is -2.42. The number of nitrogens with one attached hydrogen (secondary N) is 2. The van der Waals surface area contributed by atoms with E-state index < -0.39 is 11.7 Å². The molecule has 2 heterocycles. The molecule has 1 aliphatic rings. The van der Waals surface area contributed by atoms with E-state index in [0.29, 0.717) is 48.3 Å². The van der Waals surface area contributed by atoms with Crippen LogP contribution in [0.3, 0.4) is 0 Å². The third-order valence-corrected chi connectivity index (χ3v) is 8.05. The van der Waals surface area contributed by atoms with Crippen LogP contribution < -0.4 is 21.0 Å². The number of anilines is 1. The maximum Gasteiger partial charge on any atom is 0.348 e. The first-order chi connectivity index (χ1) is 21.3. The summed E-state index contributed by atoms with van der Waals surface area (Å²) in [4.78, 5) is 47.8. The number of aryl methyl sites for hydroxylation is 1. The van der Waals surface area contributed by atoms with Crippen LogP contribution in [0.15, 0.2) is 75.9 Å². The van der Waals surface area contributed by atoms with E-state index in [1.165, 1.54) is 0 Å². The third-order valence-electron chi connectivity index (χ3n) is 8.05. The molecule has 1 aromatic heterocycles. The second-order valence-electron chi connectivity index (χ2n) is 11.2. The monoisotopic (exact) mass is 597 g/mol. The molecule has 0 bridgehead atoms. The van der Waals surface area contributed by atoms with Crippen molar-refractivity contribution in [2.75, 3.05) is 39.1 Å². The Labute approximate surface area is 257 Å². The molecule has 0 aliphatic carbocycles. The van der Waals surface area contributed by atoms with Crippen LogP contribution in [0.25, 0.3) is 10.9 Å². The highest BCUT2D eigenvalue weighted by atomic mass is 16.5. The minimum Gasteiger partial charge on any atom is -0.497 e. The van der Waals surface area contributed by atoms with Crippen molar-refractivity contribution >= 4 is 28.7 Å². The van der Waals surface area contributed by atoms with Crippen molar-refractivity contribution < 1.29 is 18.7 Å². The van der Waals surface area contributed by atoms with Gasteiger partial charge in [-0.3, -0.25) is 14.5 Å². The molecule has 10 nitrogen and oxygen atoms in total. The second kappa shape index (κ2) is 14.2. The van der Waals surface area contributed by atoms with E-state index in [4.69, 9.17) is 9.15 Å². The van der Waals surface area contributed by atoms with Crippen LogP contribution in [0.2, 0.25) is 0 Å². The Kier molecular flexibility index (Phi) is 9.91. The summed E-state index contributed by atoms with van der Waals surface area (Å²) >= 11 is 0. The van der Waals surface area contributed by atoms with E-state index in [0.717, 1.165) is 42.6 Å². The van der Waals surface area contributed by atoms with Gasteiger partial charge >= 0.3 is 5.63 Å². The van der Waals surface area contributed by atoms with Gasteiger partial charge in [-0.2, -0.15) is 4.98 Å². The first-order valence-electron chi connectivity index (χ1n) is 14.9. The molecule has 1 aliphatic heterocycles. The first kappa shape index (κ1) is 30.7. The molecular weight excluding hydrogens is 558 g/mol. The Morgan fingerprint density at radius 2 is 1.75 bits per heavy atom. The summed E-state index contributed by atoms with van der Waals surface area (Å²) in [6, 6.07) is 20.0. The first-order valence-corrected chi connectivity index (χ1v) is 14.9. The molecule has 0 spiro atoms. The van der Waals surface area contributed by atoms with Crippen LogP contribution in [-0.4, -0.2) is 66.4 Å². The number of carbonyl (C=O) groups excluding carboxylic acids is 2. The molecule has 0 unspecified atom stereocenters. The van der Waals surface area contributed by atoms with E-state index in [-0.39, 0.29) is 17.8 Å². The minimum absolute atomic E-state index is 0.0338. The molecule has 2 N–H and O–H groups in total. The standard InChI is InChI=1S/C34H39N5O5/c1-23-26(20-35-30(40)22-39-17-7-8-18-39)13-16-28-31(23)33(42)44-34(36-28)37-29(19-24-11-14-27(43-3)15-12-24)32(41)38(2)21-25-9-5-4-6-10-25/h4-6,9-16,29H,7-8,17-22H2,1-3H3,(H,35,40)(H,36,37)/t29-/m0/s1. The van der Waals surface area contributed by atoms with Crippen molar-refractivity contribution in [1.29, 1.82) is 0 Å². The fourth-order valence-electron chi connectivity index (χ4n) is 5.56. The Balaban J connectivity index is 1.35. The molecule has 44 heavy (non-hydrogen) atoms. The number of carbonyl (C=O) groups is 2. The van der Waals surface area contributed by atoms with Gasteiger partial charge in [0.2, 0.25) is 11.8 Å². The highest BCUT2D eigenvalue weighted by Gasteiger charge is 2.25. The summed E-state index contributed by atoms with van der Waals surface area (Å²) in [5.74, 6) is 0.500.